The van der Waals surface area contributed by atoms with Crippen molar-refractivity contribution in [2.24, 2.45) is 0 Å². The predicted molar refractivity (Wildman–Crippen MR) is 96.6 cm³/mol. The largest absolute Gasteiger partial charge is 0.405 e. The van der Waals surface area contributed by atoms with Crippen LogP contribution in [-0.2, 0) is 10.0 Å². The zero-order valence-corrected chi connectivity index (χ0v) is 15.8. The molecule has 0 unspecified atom stereocenters. The van der Waals surface area contributed by atoms with Gasteiger partial charge in [0.1, 0.15) is 13.1 Å². The highest BCUT2D eigenvalue weighted by Gasteiger charge is 2.29. The summed E-state index contributed by atoms with van der Waals surface area (Å²) in [6, 6.07) is 9.41. The van der Waals surface area contributed by atoms with Gasteiger partial charge in [0, 0.05) is 5.56 Å². The molecule has 6 nitrogen and oxygen atoms in total. The van der Waals surface area contributed by atoms with E-state index in [2.05, 4.69) is 10.0 Å². The minimum absolute atomic E-state index is 0.141. The molecule has 0 radical (unpaired) electrons. The van der Waals surface area contributed by atoms with Crippen molar-refractivity contribution in [1.29, 1.82) is 0 Å². The van der Waals surface area contributed by atoms with Gasteiger partial charge in [-0.1, -0.05) is 18.2 Å². The first-order valence-electron chi connectivity index (χ1n) is 8.14. The summed E-state index contributed by atoms with van der Waals surface area (Å²) in [4.78, 5) is 11.4. The average molecular weight is 455 g/mol. The fraction of sp³-hybridized carbons (Fsp3) is 0.235. The summed E-state index contributed by atoms with van der Waals surface area (Å²) in [5.74, 6) is -1.14. The molecule has 30 heavy (non-hydrogen) atoms. The number of nitrogens with one attached hydrogen (secondary N) is 3. The quantitative estimate of drug-likeness (QED) is 0.555. The Kier molecular flexibility index (Phi) is 6.85. The third-order valence-electron chi connectivity index (χ3n) is 3.51. The number of amides is 1. The van der Waals surface area contributed by atoms with Gasteiger partial charge < -0.3 is 10.6 Å². The van der Waals surface area contributed by atoms with Gasteiger partial charge in [-0.2, -0.15) is 26.3 Å². The molecule has 0 aromatic heterocycles. The van der Waals surface area contributed by atoms with Gasteiger partial charge in [0.05, 0.1) is 16.3 Å². The van der Waals surface area contributed by atoms with Crippen LogP contribution in [0.5, 0.6) is 0 Å². The van der Waals surface area contributed by atoms with Crippen molar-refractivity contribution in [3.05, 3.63) is 54.1 Å². The Balaban J connectivity index is 2.22. The second kappa shape index (κ2) is 8.81. The second-order valence-corrected chi connectivity index (χ2v) is 7.63. The molecule has 2 rings (SSSR count). The van der Waals surface area contributed by atoms with Gasteiger partial charge in [0.25, 0.3) is 15.9 Å². The van der Waals surface area contributed by atoms with Crippen LogP contribution in [-0.4, -0.2) is 39.8 Å². The van der Waals surface area contributed by atoms with Crippen molar-refractivity contribution in [3.63, 3.8) is 0 Å². The molecule has 0 aliphatic rings. The lowest BCUT2D eigenvalue weighted by Crippen LogP contribution is -2.33. The Morgan fingerprint density at radius 3 is 2.03 bits per heavy atom. The van der Waals surface area contributed by atoms with Crippen LogP contribution in [0.15, 0.2) is 53.4 Å². The smallest absolute Gasteiger partial charge is 0.375 e. The van der Waals surface area contributed by atoms with Gasteiger partial charge >= 0.3 is 12.4 Å². The van der Waals surface area contributed by atoms with Crippen LogP contribution < -0.4 is 15.4 Å². The number of anilines is 2. The Morgan fingerprint density at radius 1 is 0.833 bits per heavy atom. The molecule has 0 aliphatic carbocycles. The first-order valence-corrected chi connectivity index (χ1v) is 9.63. The molecule has 0 saturated carbocycles. The van der Waals surface area contributed by atoms with E-state index in [0.29, 0.717) is 0 Å². The number of sulfonamides is 1. The highest BCUT2D eigenvalue weighted by molar-refractivity contribution is 7.92. The number of rotatable bonds is 7. The number of benzene rings is 2. The monoisotopic (exact) mass is 455 g/mol. The summed E-state index contributed by atoms with van der Waals surface area (Å²) in [7, 11) is -4.36. The van der Waals surface area contributed by atoms with E-state index in [-0.39, 0.29) is 16.9 Å². The molecule has 2 aromatic carbocycles. The van der Waals surface area contributed by atoms with Crippen LogP contribution in [0.1, 0.15) is 10.4 Å². The zero-order chi connectivity index (χ0) is 22.6. The number of hydrogen-bond donors (Lipinski definition) is 3. The molecule has 0 heterocycles. The van der Waals surface area contributed by atoms with E-state index in [9.17, 15) is 39.6 Å². The standard InChI is InChI=1S/C17H15F6N3O3S/c18-16(19,20)9-24-13-6-1-2-7-14(13)26-30(28,29)12-5-3-4-11(8-12)15(27)25-10-17(21,22)23/h1-8,24,26H,9-10H2,(H,25,27). The lowest BCUT2D eigenvalue weighted by molar-refractivity contribution is -0.123. The van der Waals surface area contributed by atoms with E-state index < -0.39 is 46.3 Å². The Hall–Kier alpha value is -2.96. The van der Waals surface area contributed by atoms with Crippen molar-refractivity contribution in [1.82, 2.24) is 5.32 Å². The third kappa shape index (κ3) is 7.13. The fourth-order valence-corrected chi connectivity index (χ4v) is 3.34. The van der Waals surface area contributed by atoms with Gasteiger partial charge in [-0.05, 0) is 30.3 Å². The average Bonchev–Trinajstić information content (AvgIpc) is 2.64. The summed E-state index contributed by atoms with van der Waals surface area (Å²) in [5.41, 5.74) is -0.670. The van der Waals surface area contributed by atoms with Crippen LogP contribution in [0.4, 0.5) is 37.7 Å². The van der Waals surface area contributed by atoms with E-state index in [1.807, 2.05) is 0 Å². The first kappa shape index (κ1) is 23.3. The van der Waals surface area contributed by atoms with E-state index in [1.54, 1.807) is 5.32 Å². The zero-order valence-electron chi connectivity index (χ0n) is 14.9. The molecule has 164 valence electrons. The van der Waals surface area contributed by atoms with E-state index >= 15 is 0 Å². The minimum atomic E-state index is -4.64. The molecular weight excluding hydrogens is 440 g/mol. The summed E-state index contributed by atoms with van der Waals surface area (Å²) in [6.07, 6.45) is -9.18. The Labute approximate surface area is 167 Å². The maximum absolute atomic E-state index is 12.6. The molecule has 0 aliphatic heterocycles. The number of carbonyl (C=O) groups excluding carboxylic acids is 1. The Morgan fingerprint density at radius 2 is 1.43 bits per heavy atom. The molecule has 0 bridgehead atoms. The van der Waals surface area contributed by atoms with Gasteiger partial charge in [-0.15, -0.1) is 0 Å². The minimum Gasteiger partial charge on any atom is -0.375 e. The van der Waals surface area contributed by atoms with Crippen LogP contribution in [0, 0.1) is 0 Å². The summed E-state index contributed by atoms with van der Waals surface area (Å²) in [6.45, 7) is -3.00. The Bertz CT molecular complexity index is 1010. The predicted octanol–water partition coefficient (Wildman–Crippen LogP) is 3.75. The molecule has 3 N–H and O–H groups in total. The molecule has 0 fully saturated rings. The SMILES string of the molecule is O=C(NCC(F)(F)F)c1cccc(S(=O)(=O)Nc2ccccc2NCC(F)(F)F)c1. The van der Waals surface area contributed by atoms with Crippen molar-refractivity contribution < 1.29 is 39.6 Å². The number of halogens is 6. The van der Waals surface area contributed by atoms with Gasteiger partial charge in [-0.3, -0.25) is 9.52 Å². The molecular formula is C17H15F6N3O3S. The molecule has 13 heteroatoms. The van der Waals surface area contributed by atoms with Crippen LogP contribution in [0.2, 0.25) is 0 Å². The lowest BCUT2D eigenvalue weighted by Gasteiger charge is -2.15. The first-order chi connectivity index (χ1) is 13.8. The number of carbonyl (C=O) groups is 1. The maximum Gasteiger partial charge on any atom is 0.405 e. The molecule has 0 atom stereocenters. The van der Waals surface area contributed by atoms with Gasteiger partial charge in [0.15, 0.2) is 0 Å². The fourth-order valence-electron chi connectivity index (χ4n) is 2.21. The third-order valence-corrected chi connectivity index (χ3v) is 4.87. The van der Waals surface area contributed by atoms with Crippen LogP contribution in [0.25, 0.3) is 0 Å². The molecule has 1 amide bonds. The number of alkyl halides is 6. The van der Waals surface area contributed by atoms with Gasteiger partial charge in [0.2, 0.25) is 0 Å². The van der Waals surface area contributed by atoms with E-state index in [1.165, 1.54) is 24.3 Å². The van der Waals surface area contributed by atoms with E-state index in [4.69, 9.17) is 0 Å². The maximum atomic E-state index is 12.6. The van der Waals surface area contributed by atoms with Crippen molar-refractivity contribution in [2.75, 3.05) is 23.1 Å². The normalized spacial score (nSPS) is 12.3. The second-order valence-electron chi connectivity index (χ2n) is 5.95. The molecule has 2 aromatic rings. The van der Waals surface area contributed by atoms with Gasteiger partial charge in [-0.25, -0.2) is 8.42 Å². The van der Waals surface area contributed by atoms with Crippen LogP contribution in [0.3, 0.4) is 0 Å². The topological polar surface area (TPSA) is 87.3 Å². The number of hydrogen-bond acceptors (Lipinski definition) is 4. The molecule has 0 saturated heterocycles. The van der Waals surface area contributed by atoms with Crippen molar-refractivity contribution in [2.45, 2.75) is 17.2 Å². The highest BCUT2D eigenvalue weighted by Crippen LogP contribution is 2.26. The summed E-state index contributed by atoms with van der Waals surface area (Å²) in [5, 5.41) is 3.68. The van der Waals surface area contributed by atoms with Crippen LogP contribution >= 0.6 is 0 Å². The lowest BCUT2D eigenvalue weighted by atomic mass is 10.2. The highest BCUT2D eigenvalue weighted by atomic mass is 32.2. The van der Waals surface area contributed by atoms with E-state index in [0.717, 1.165) is 24.3 Å². The van der Waals surface area contributed by atoms with Crippen molar-refractivity contribution in [3.8, 4) is 0 Å². The number of para-hydroxylation sites is 2. The summed E-state index contributed by atoms with van der Waals surface area (Å²) < 4.78 is 101. The summed E-state index contributed by atoms with van der Waals surface area (Å²) >= 11 is 0. The molecule has 0 spiro atoms. The van der Waals surface area contributed by atoms with Crippen molar-refractivity contribution >= 4 is 27.3 Å².